The van der Waals surface area contributed by atoms with Crippen molar-refractivity contribution in [1.29, 1.82) is 0 Å². The lowest BCUT2D eigenvalue weighted by molar-refractivity contribution is -0.203. The first kappa shape index (κ1) is 28.1. The van der Waals surface area contributed by atoms with E-state index in [1.165, 1.54) is 13.2 Å². The SMILES string of the molecule is COc1cccc(C(=O)Cn2ncc3c(c2=O)N(Cc2ccccc2)C(N2CCNCC2)N3OC(=O)C(F)(F)F)c1. The number of carbonyl (C=O) groups excluding carboxylic acids is 2. The third-order valence-corrected chi connectivity index (χ3v) is 6.78. The fourth-order valence-corrected chi connectivity index (χ4v) is 4.84. The Hall–Kier alpha value is -4.43. The number of hydrogen-bond donors (Lipinski definition) is 1. The minimum atomic E-state index is -5.27. The largest absolute Gasteiger partial charge is 0.497 e. The van der Waals surface area contributed by atoms with Crippen LogP contribution < -0.4 is 25.6 Å². The average Bonchev–Trinajstić information content (AvgIpc) is 3.28. The highest BCUT2D eigenvalue weighted by atomic mass is 19.4. The van der Waals surface area contributed by atoms with Gasteiger partial charge < -0.3 is 19.8 Å². The first-order valence-corrected chi connectivity index (χ1v) is 12.8. The van der Waals surface area contributed by atoms with Crippen LogP contribution in [-0.2, 0) is 22.7 Å². The lowest BCUT2D eigenvalue weighted by Crippen LogP contribution is -2.60. The molecule has 1 saturated heterocycles. The molecule has 3 heterocycles. The summed E-state index contributed by atoms with van der Waals surface area (Å²) in [5.74, 6) is -2.40. The number of rotatable bonds is 8. The predicted molar refractivity (Wildman–Crippen MR) is 141 cm³/mol. The molecule has 0 bridgehead atoms. The number of carbonyl (C=O) groups is 2. The molecule has 0 aliphatic carbocycles. The normalized spacial score (nSPS) is 17.3. The van der Waals surface area contributed by atoms with E-state index in [9.17, 15) is 27.6 Å². The van der Waals surface area contributed by atoms with Gasteiger partial charge in [-0.15, -0.1) is 0 Å². The number of hydrogen-bond acceptors (Lipinski definition) is 10. The van der Waals surface area contributed by atoms with Gasteiger partial charge in [-0.1, -0.05) is 42.5 Å². The van der Waals surface area contributed by atoms with Crippen LogP contribution >= 0.6 is 0 Å². The summed E-state index contributed by atoms with van der Waals surface area (Å²) in [6.45, 7) is 1.54. The number of piperazine rings is 1. The van der Waals surface area contributed by atoms with Gasteiger partial charge in [0.25, 0.3) is 5.56 Å². The lowest BCUT2D eigenvalue weighted by atomic mass is 10.1. The van der Waals surface area contributed by atoms with Gasteiger partial charge in [0.05, 0.1) is 13.3 Å². The smallest absolute Gasteiger partial charge is 0.493 e. The third-order valence-electron chi connectivity index (χ3n) is 6.78. The molecule has 0 spiro atoms. The molecule has 1 fully saturated rings. The molecule has 1 atom stereocenters. The molecule has 1 aromatic heterocycles. The van der Waals surface area contributed by atoms with Gasteiger partial charge in [0.2, 0.25) is 0 Å². The number of aromatic nitrogens is 2. The molecular formula is C27H27F3N6O5. The van der Waals surface area contributed by atoms with Crippen LogP contribution in [0.15, 0.2) is 65.6 Å². The minimum absolute atomic E-state index is 0.0409. The van der Waals surface area contributed by atoms with Crippen LogP contribution in [0.25, 0.3) is 0 Å². The van der Waals surface area contributed by atoms with Gasteiger partial charge in [-0.3, -0.25) is 14.5 Å². The van der Waals surface area contributed by atoms with E-state index in [2.05, 4.69) is 10.4 Å². The van der Waals surface area contributed by atoms with E-state index in [1.807, 2.05) is 23.1 Å². The predicted octanol–water partition coefficient (Wildman–Crippen LogP) is 2.17. The maximum Gasteiger partial charge on any atom is 0.493 e. The number of alkyl halides is 3. The first-order valence-electron chi connectivity index (χ1n) is 12.8. The first-order chi connectivity index (χ1) is 19.7. The molecule has 2 aliphatic heterocycles. The number of halogens is 3. The summed E-state index contributed by atoms with van der Waals surface area (Å²) >= 11 is 0. The molecule has 2 aromatic carbocycles. The van der Waals surface area contributed by atoms with Crippen LogP contribution in [0, 0.1) is 0 Å². The van der Waals surface area contributed by atoms with Gasteiger partial charge in [0.15, 0.2) is 12.1 Å². The Kier molecular flexibility index (Phi) is 7.94. The highest BCUT2D eigenvalue weighted by Crippen LogP contribution is 2.40. The highest BCUT2D eigenvalue weighted by Gasteiger charge is 2.49. The van der Waals surface area contributed by atoms with Gasteiger partial charge in [0.1, 0.15) is 23.7 Å². The summed E-state index contributed by atoms with van der Waals surface area (Å²) in [6.07, 6.45) is -5.20. The van der Waals surface area contributed by atoms with Gasteiger partial charge in [0, 0.05) is 38.3 Å². The average molecular weight is 573 g/mol. The van der Waals surface area contributed by atoms with Crippen LogP contribution in [0.5, 0.6) is 5.75 Å². The molecular weight excluding hydrogens is 545 g/mol. The Labute approximate surface area is 232 Å². The summed E-state index contributed by atoms with van der Waals surface area (Å²) in [5, 5.41) is 8.05. The van der Waals surface area contributed by atoms with Crippen molar-refractivity contribution >= 4 is 23.1 Å². The molecule has 11 nitrogen and oxygen atoms in total. The van der Waals surface area contributed by atoms with Gasteiger partial charge in [-0.05, 0) is 17.7 Å². The van der Waals surface area contributed by atoms with E-state index >= 15 is 0 Å². The summed E-state index contributed by atoms with van der Waals surface area (Å²) in [5.41, 5.74) is 0.176. The summed E-state index contributed by atoms with van der Waals surface area (Å²) < 4.78 is 46.1. The van der Waals surface area contributed by atoms with E-state index in [-0.39, 0.29) is 17.9 Å². The van der Waals surface area contributed by atoms with E-state index in [0.717, 1.165) is 21.5 Å². The lowest BCUT2D eigenvalue weighted by Gasteiger charge is -2.41. The summed E-state index contributed by atoms with van der Waals surface area (Å²) in [6, 6.07) is 15.4. The zero-order valence-electron chi connectivity index (χ0n) is 22.0. The van der Waals surface area contributed by atoms with E-state index < -0.39 is 36.3 Å². The number of methoxy groups -OCH3 is 1. The van der Waals surface area contributed by atoms with Crippen LogP contribution in [-0.4, -0.2) is 72.2 Å². The van der Waals surface area contributed by atoms with Crippen molar-refractivity contribution in [2.75, 3.05) is 43.3 Å². The number of ether oxygens (including phenoxy) is 1. The number of benzene rings is 2. The molecule has 3 aromatic rings. The van der Waals surface area contributed by atoms with Gasteiger partial charge >= 0.3 is 12.1 Å². The quantitative estimate of drug-likeness (QED) is 0.404. The molecule has 5 rings (SSSR count). The fraction of sp³-hybridized carbons (Fsp3) is 0.333. The van der Waals surface area contributed by atoms with E-state index in [0.29, 0.717) is 37.5 Å². The molecule has 0 amide bonds. The number of Topliss-reactive ketones (excluding diaryl/α,β-unsaturated/α-hetero) is 1. The van der Waals surface area contributed by atoms with E-state index in [4.69, 9.17) is 9.57 Å². The van der Waals surface area contributed by atoms with Crippen LogP contribution in [0.1, 0.15) is 15.9 Å². The molecule has 216 valence electrons. The second kappa shape index (κ2) is 11.6. The van der Waals surface area contributed by atoms with Crippen molar-refractivity contribution in [3.05, 3.63) is 82.3 Å². The van der Waals surface area contributed by atoms with Crippen molar-refractivity contribution < 1.29 is 32.3 Å². The number of fused-ring (bicyclic) bond motifs is 1. The molecule has 1 N–H and O–H groups in total. The Balaban J connectivity index is 1.58. The minimum Gasteiger partial charge on any atom is -0.497 e. The van der Waals surface area contributed by atoms with Crippen molar-refractivity contribution in [2.45, 2.75) is 25.6 Å². The zero-order chi connectivity index (χ0) is 29.1. The number of nitrogens with zero attached hydrogens (tertiary/aromatic N) is 5. The van der Waals surface area contributed by atoms with Crippen molar-refractivity contribution in [3.63, 3.8) is 0 Å². The maximum atomic E-state index is 13.9. The molecule has 1 unspecified atom stereocenters. The Morgan fingerprint density at radius 2 is 1.80 bits per heavy atom. The molecule has 0 radical (unpaired) electrons. The Morgan fingerprint density at radius 3 is 2.49 bits per heavy atom. The number of hydroxylamine groups is 1. The standard InChI is InChI=1S/C27H27F3N6O5/c1-40-20-9-5-8-19(14-20)22(37)17-35-24(38)23-21(15-32-35)36(41-25(39)27(28,29)30)26(33-12-10-31-11-13-33)34(23)16-18-6-3-2-4-7-18/h2-9,14-15,26,31H,10-13,16-17H2,1H3. The zero-order valence-corrected chi connectivity index (χ0v) is 22.0. The summed E-state index contributed by atoms with van der Waals surface area (Å²) in [7, 11) is 1.46. The van der Waals surface area contributed by atoms with Crippen LogP contribution in [0.3, 0.4) is 0 Å². The second-order valence-corrected chi connectivity index (χ2v) is 9.44. The maximum absolute atomic E-state index is 13.9. The van der Waals surface area contributed by atoms with Crippen molar-refractivity contribution in [2.24, 2.45) is 0 Å². The van der Waals surface area contributed by atoms with Crippen molar-refractivity contribution in [1.82, 2.24) is 20.0 Å². The topological polar surface area (TPSA) is 109 Å². The van der Waals surface area contributed by atoms with E-state index in [1.54, 1.807) is 35.2 Å². The second-order valence-electron chi connectivity index (χ2n) is 9.44. The fourth-order valence-electron chi connectivity index (χ4n) is 4.84. The molecule has 14 heteroatoms. The third kappa shape index (κ3) is 5.88. The Bertz CT molecular complexity index is 1480. The number of anilines is 2. The summed E-state index contributed by atoms with van der Waals surface area (Å²) in [4.78, 5) is 47.2. The number of ketones is 1. The molecule has 0 saturated carbocycles. The van der Waals surface area contributed by atoms with Crippen LogP contribution in [0.2, 0.25) is 0 Å². The van der Waals surface area contributed by atoms with Crippen LogP contribution in [0.4, 0.5) is 24.5 Å². The van der Waals surface area contributed by atoms with Crippen molar-refractivity contribution in [3.8, 4) is 5.75 Å². The van der Waals surface area contributed by atoms with Gasteiger partial charge in [-0.2, -0.15) is 23.3 Å². The highest BCUT2D eigenvalue weighted by molar-refractivity contribution is 5.96. The Morgan fingerprint density at radius 1 is 1.07 bits per heavy atom. The number of nitrogens with one attached hydrogen (secondary N) is 1. The monoisotopic (exact) mass is 572 g/mol. The van der Waals surface area contributed by atoms with Gasteiger partial charge in [-0.25, -0.2) is 9.48 Å². The molecule has 41 heavy (non-hydrogen) atoms. The molecule has 2 aliphatic rings.